The van der Waals surface area contributed by atoms with Gasteiger partial charge in [0.15, 0.2) is 5.78 Å². The van der Waals surface area contributed by atoms with E-state index in [1.807, 2.05) is 30.3 Å². The highest BCUT2D eigenvalue weighted by molar-refractivity contribution is 6.23. The highest BCUT2D eigenvalue weighted by Gasteiger charge is 2.26. The lowest BCUT2D eigenvalue weighted by Crippen LogP contribution is -2.14. The number of hydrogen-bond acceptors (Lipinski definition) is 3. The Bertz CT molecular complexity index is 1380. The Morgan fingerprint density at radius 1 is 0.633 bits per heavy atom. The maximum atomic E-state index is 13.5. The Kier molecular flexibility index (Phi) is 4.59. The van der Waals surface area contributed by atoms with Gasteiger partial charge < -0.3 is 10.2 Å². The summed E-state index contributed by atoms with van der Waals surface area (Å²) >= 11 is 0. The molecule has 0 aliphatic heterocycles. The Labute approximate surface area is 172 Å². The van der Waals surface area contributed by atoms with Crippen molar-refractivity contribution in [2.75, 3.05) is 0 Å². The van der Waals surface area contributed by atoms with Gasteiger partial charge in [-0.05, 0) is 64.7 Å². The molecule has 0 aliphatic carbocycles. The number of aryl methyl sites for hydroxylation is 1. The molecule has 5 nitrogen and oxygen atoms in total. The molecule has 0 unspecified atom stereocenters. The SMILES string of the molecule is Cc1c(C(=O)O)c(C(=O)c2ccc3ccccc3c2)c2ccc(C(=O)O)cc2c1C. The molecule has 4 rings (SSSR count). The van der Waals surface area contributed by atoms with Crippen molar-refractivity contribution in [2.24, 2.45) is 0 Å². The Morgan fingerprint density at radius 2 is 1.30 bits per heavy atom. The van der Waals surface area contributed by atoms with Crippen LogP contribution in [0.1, 0.15) is 47.8 Å². The quantitative estimate of drug-likeness (QED) is 0.459. The summed E-state index contributed by atoms with van der Waals surface area (Å²) in [5.41, 5.74) is 1.57. The number of aromatic carboxylic acids is 2. The third-order valence-electron chi connectivity index (χ3n) is 5.58. The van der Waals surface area contributed by atoms with Gasteiger partial charge in [-0.2, -0.15) is 0 Å². The van der Waals surface area contributed by atoms with Gasteiger partial charge in [0.25, 0.3) is 0 Å². The van der Waals surface area contributed by atoms with Crippen LogP contribution in [0.15, 0.2) is 60.7 Å². The van der Waals surface area contributed by atoms with Crippen molar-refractivity contribution in [1.82, 2.24) is 0 Å². The molecule has 30 heavy (non-hydrogen) atoms. The second-order valence-corrected chi connectivity index (χ2v) is 7.26. The number of carboxylic acids is 2. The number of carbonyl (C=O) groups is 3. The fourth-order valence-corrected chi connectivity index (χ4v) is 3.90. The molecule has 2 N–H and O–H groups in total. The zero-order valence-electron chi connectivity index (χ0n) is 16.4. The summed E-state index contributed by atoms with van der Waals surface area (Å²) in [5.74, 6) is -2.68. The summed E-state index contributed by atoms with van der Waals surface area (Å²) in [7, 11) is 0. The van der Waals surface area contributed by atoms with Gasteiger partial charge in [-0.1, -0.05) is 42.5 Å². The number of carbonyl (C=O) groups excluding carboxylic acids is 1. The van der Waals surface area contributed by atoms with E-state index in [1.165, 1.54) is 18.2 Å². The fourth-order valence-electron chi connectivity index (χ4n) is 3.90. The molecule has 0 bridgehead atoms. The lowest BCUT2D eigenvalue weighted by molar-refractivity contribution is 0.0684. The third kappa shape index (κ3) is 3.01. The van der Waals surface area contributed by atoms with E-state index in [-0.39, 0.29) is 16.7 Å². The number of hydrogen-bond donors (Lipinski definition) is 2. The van der Waals surface area contributed by atoms with Crippen LogP contribution in [0.5, 0.6) is 0 Å². The van der Waals surface area contributed by atoms with E-state index >= 15 is 0 Å². The molecule has 0 aliphatic rings. The van der Waals surface area contributed by atoms with E-state index in [0.717, 1.165) is 10.8 Å². The van der Waals surface area contributed by atoms with Crippen molar-refractivity contribution in [2.45, 2.75) is 13.8 Å². The summed E-state index contributed by atoms with van der Waals surface area (Å²) < 4.78 is 0. The zero-order chi connectivity index (χ0) is 21.6. The molecule has 4 aromatic rings. The lowest BCUT2D eigenvalue weighted by Gasteiger charge is -2.17. The maximum Gasteiger partial charge on any atom is 0.336 e. The van der Waals surface area contributed by atoms with Gasteiger partial charge in [0.05, 0.1) is 11.1 Å². The van der Waals surface area contributed by atoms with Crippen LogP contribution in [0.2, 0.25) is 0 Å². The van der Waals surface area contributed by atoms with Crippen LogP contribution in [0, 0.1) is 13.8 Å². The van der Waals surface area contributed by atoms with Gasteiger partial charge >= 0.3 is 11.9 Å². The van der Waals surface area contributed by atoms with E-state index in [9.17, 15) is 24.6 Å². The zero-order valence-corrected chi connectivity index (χ0v) is 16.4. The van der Waals surface area contributed by atoms with Gasteiger partial charge in [-0.15, -0.1) is 0 Å². The van der Waals surface area contributed by atoms with Gasteiger partial charge in [0, 0.05) is 11.1 Å². The lowest BCUT2D eigenvalue weighted by atomic mass is 9.85. The first-order chi connectivity index (χ1) is 14.3. The van der Waals surface area contributed by atoms with Crippen molar-refractivity contribution in [1.29, 1.82) is 0 Å². The predicted molar refractivity (Wildman–Crippen MR) is 115 cm³/mol. The molecule has 0 amide bonds. The summed E-state index contributed by atoms with van der Waals surface area (Å²) in [4.78, 5) is 37.1. The van der Waals surface area contributed by atoms with Crippen LogP contribution in [0.4, 0.5) is 0 Å². The Balaban J connectivity index is 2.05. The minimum Gasteiger partial charge on any atom is -0.478 e. The number of ketones is 1. The molecule has 148 valence electrons. The predicted octanol–water partition coefficient (Wildman–Crippen LogP) is 5.24. The van der Waals surface area contributed by atoms with Crippen LogP contribution in [-0.2, 0) is 0 Å². The van der Waals surface area contributed by atoms with E-state index in [1.54, 1.807) is 26.0 Å². The molecule has 0 aromatic heterocycles. The van der Waals surface area contributed by atoms with Crippen LogP contribution in [-0.4, -0.2) is 27.9 Å². The summed E-state index contributed by atoms with van der Waals surface area (Å²) in [6.45, 7) is 3.38. The molecule has 0 atom stereocenters. The minimum atomic E-state index is -1.19. The Hall–Kier alpha value is -3.99. The standard InChI is InChI=1S/C25H18O5/c1-13-14(2)21(25(29)30)22(19-10-9-18(24(27)28)12-20(13)19)23(26)17-8-7-15-5-3-4-6-16(15)11-17/h3-12H,1-2H3,(H,27,28)(H,29,30). The van der Waals surface area contributed by atoms with Gasteiger partial charge in [-0.3, -0.25) is 4.79 Å². The van der Waals surface area contributed by atoms with E-state index in [4.69, 9.17) is 0 Å². The normalized spacial score (nSPS) is 11.0. The van der Waals surface area contributed by atoms with E-state index in [0.29, 0.717) is 27.5 Å². The van der Waals surface area contributed by atoms with Gasteiger partial charge in [0.2, 0.25) is 0 Å². The average molecular weight is 398 g/mol. The first kappa shape index (κ1) is 19.3. The average Bonchev–Trinajstić information content (AvgIpc) is 2.74. The Morgan fingerprint density at radius 3 is 1.97 bits per heavy atom. The summed E-state index contributed by atoms with van der Waals surface area (Å²) in [6, 6.07) is 17.3. The smallest absolute Gasteiger partial charge is 0.336 e. The summed E-state index contributed by atoms with van der Waals surface area (Å²) in [6.07, 6.45) is 0. The second kappa shape index (κ2) is 7.12. The van der Waals surface area contributed by atoms with Crippen molar-refractivity contribution in [3.05, 3.63) is 94.0 Å². The topological polar surface area (TPSA) is 91.7 Å². The molecule has 0 spiro atoms. The van der Waals surface area contributed by atoms with Crippen LogP contribution < -0.4 is 0 Å². The van der Waals surface area contributed by atoms with E-state index < -0.39 is 17.7 Å². The van der Waals surface area contributed by atoms with Crippen LogP contribution >= 0.6 is 0 Å². The van der Waals surface area contributed by atoms with Crippen molar-refractivity contribution >= 4 is 39.3 Å². The van der Waals surface area contributed by atoms with Gasteiger partial charge in [0.1, 0.15) is 0 Å². The molecule has 0 radical (unpaired) electrons. The first-order valence-corrected chi connectivity index (χ1v) is 9.36. The fraction of sp³-hybridized carbons (Fsp3) is 0.0800. The molecular weight excluding hydrogens is 380 g/mol. The number of fused-ring (bicyclic) bond motifs is 2. The second-order valence-electron chi connectivity index (χ2n) is 7.26. The molecule has 0 saturated heterocycles. The van der Waals surface area contributed by atoms with Crippen molar-refractivity contribution in [3.8, 4) is 0 Å². The van der Waals surface area contributed by atoms with E-state index in [2.05, 4.69) is 0 Å². The third-order valence-corrected chi connectivity index (χ3v) is 5.58. The van der Waals surface area contributed by atoms with Crippen molar-refractivity contribution in [3.63, 3.8) is 0 Å². The molecule has 0 fully saturated rings. The first-order valence-electron chi connectivity index (χ1n) is 9.36. The number of carboxylic acid groups (broad SMARTS) is 2. The summed E-state index contributed by atoms with van der Waals surface area (Å²) in [5, 5.41) is 22.1. The highest BCUT2D eigenvalue weighted by atomic mass is 16.4. The number of rotatable bonds is 4. The molecule has 0 saturated carbocycles. The maximum absolute atomic E-state index is 13.5. The number of benzene rings is 4. The molecule has 4 aromatic carbocycles. The van der Waals surface area contributed by atoms with Gasteiger partial charge in [-0.25, -0.2) is 9.59 Å². The minimum absolute atomic E-state index is 0.0544. The van der Waals surface area contributed by atoms with Crippen LogP contribution in [0.25, 0.3) is 21.5 Å². The molecular formula is C25H18O5. The highest BCUT2D eigenvalue weighted by Crippen LogP contribution is 2.33. The van der Waals surface area contributed by atoms with Crippen molar-refractivity contribution < 1.29 is 24.6 Å². The molecule has 5 heteroatoms. The monoisotopic (exact) mass is 398 g/mol. The van der Waals surface area contributed by atoms with Crippen LogP contribution in [0.3, 0.4) is 0 Å². The largest absolute Gasteiger partial charge is 0.478 e. The molecule has 0 heterocycles.